The van der Waals surface area contributed by atoms with Crippen LogP contribution >= 0.6 is 0 Å². The summed E-state index contributed by atoms with van der Waals surface area (Å²) in [6.07, 6.45) is 1.16. The van der Waals surface area contributed by atoms with E-state index in [0.717, 1.165) is 6.42 Å². The SMILES string of the molecule is CC(C)[c-]1[cH-][cH-][cH-][cH-]1.CC[c-]1cccc1.[Ru]. The Balaban J connectivity index is 0.000000267. The fraction of sp³-hybridized carbons (Fsp3) is 0.333. The summed E-state index contributed by atoms with van der Waals surface area (Å²) in [5, 5.41) is 0. The molecule has 1 heteroatoms. The molecule has 2 aromatic rings. The Labute approximate surface area is 112 Å². The Morgan fingerprint density at radius 3 is 1.81 bits per heavy atom. The van der Waals surface area contributed by atoms with Crippen molar-refractivity contribution in [1.82, 2.24) is 0 Å². The van der Waals surface area contributed by atoms with Gasteiger partial charge in [0.25, 0.3) is 0 Å². The second-order valence-corrected chi connectivity index (χ2v) is 4.02. The Morgan fingerprint density at radius 1 is 1.06 bits per heavy atom. The van der Waals surface area contributed by atoms with Gasteiger partial charge >= 0.3 is 0 Å². The second kappa shape index (κ2) is 8.47. The normalized spacial score (nSPS) is 9.25. The Kier molecular flexibility index (Phi) is 8.11. The van der Waals surface area contributed by atoms with Crippen LogP contribution in [0.4, 0.5) is 0 Å². The van der Waals surface area contributed by atoms with E-state index in [9.17, 15) is 0 Å². The summed E-state index contributed by atoms with van der Waals surface area (Å²) in [5.74, 6) is 0.685. The summed E-state index contributed by atoms with van der Waals surface area (Å²) >= 11 is 0. The molecule has 2 aromatic carbocycles. The van der Waals surface area contributed by atoms with Crippen LogP contribution in [0.3, 0.4) is 0 Å². The maximum absolute atomic E-state index is 2.20. The average Bonchev–Trinajstić information content (AvgIpc) is 2.92. The predicted octanol–water partition coefficient (Wildman–Crippen LogP) is 4.49. The molecule has 0 aliphatic rings. The van der Waals surface area contributed by atoms with Crippen molar-refractivity contribution in [3.05, 3.63) is 59.7 Å². The fourth-order valence-electron chi connectivity index (χ4n) is 1.42. The first-order chi connectivity index (χ1) is 7.24. The largest absolute Gasteiger partial charge is 0.748 e. The van der Waals surface area contributed by atoms with Crippen LogP contribution in [-0.4, -0.2) is 0 Å². The van der Waals surface area contributed by atoms with Gasteiger partial charge in [-0.2, -0.15) is 17.7 Å². The van der Waals surface area contributed by atoms with Crippen LogP contribution < -0.4 is 0 Å². The first-order valence-electron chi connectivity index (χ1n) is 5.66. The molecule has 0 amide bonds. The zero-order valence-electron chi connectivity index (χ0n) is 10.3. The van der Waals surface area contributed by atoms with Gasteiger partial charge in [-0.3, -0.25) is 0 Å². The fourth-order valence-corrected chi connectivity index (χ4v) is 1.42. The van der Waals surface area contributed by atoms with Gasteiger partial charge in [-0.1, -0.05) is 27.2 Å². The Hall–Kier alpha value is -0.677. The summed E-state index contributed by atoms with van der Waals surface area (Å²) in [7, 11) is 0. The van der Waals surface area contributed by atoms with Crippen molar-refractivity contribution < 1.29 is 19.5 Å². The summed E-state index contributed by atoms with van der Waals surface area (Å²) in [5.41, 5.74) is 2.87. The average molecular weight is 301 g/mol. The summed E-state index contributed by atoms with van der Waals surface area (Å²) in [4.78, 5) is 0. The third kappa shape index (κ3) is 5.42. The minimum Gasteiger partial charge on any atom is -0.748 e. The van der Waals surface area contributed by atoms with Crippen molar-refractivity contribution >= 4 is 0 Å². The van der Waals surface area contributed by atoms with Crippen molar-refractivity contribution in [3.63, 3.8) is 0 Å². The molecule has 0 heterocycles. The van der Waals surface area contributed by atoms with Crippen LogP contribution in [-0.2, 0) is 25.9 Å². The van der Waals surface area contributed by atoms with E-state index in [0.29, 0.717) is 5.92 Å². The summed E-state index contributed by atoms with van der Waals surface area (Å²) in [6, 6.07) is 16.9. The Bertz CT molecular complexity index is 327. The molecule has 94 valence electrons. The molecule has 0 radical (unpaired) electrons. The summed E-state index contributed by atoms with van der Waals surface area (Å²) in [6.45, 7) is 6.57. The van der Waals surface area contributed by atoms with E-state index in [1.807, 2.05) is 0 Å². The topological polar surface area (TPSA) is 0 Å². The van der Waals surface area contributed by atoms with Crippen molar-refractivity contribution in [2.45, 2.75) is 33.1 Å². The summed E-state index contributed by atoms with van der Waals surface area (Å²) < 4.78 is 0. The van der Waals surface area contributed by atoms with Gasteiger partial charge in [-0.25, -0.2) is 18.1 Å². The molecule has 2 rings (SSSR count). The van der Waals surface area contributed by atoms with Crippen LogP contribution in [0.25, 0.3) is 0 Å². The molecular weight excluding hydrogens is 281 g/mol. The quantitative estimate of drug-likeness (QED) is 0.566. The molecule has 0 unspecified atom stereocenters. The van der Waals surface area contributed by atoms with Gasteiger partial charge in [0.1, 0.15) is 0 Å². The maximum atomic E-state index is 2.20. The van der Waals surface area contributed by atoms with E-state index in [-0.39, 0.29) is 19.5 Å². The number of hydrogen-bond acceptors (Lipinski definition) is 0. The van der Waals surface area contributed by atoms with Crippen LogP contribution in [0.1, 0.15) is 37.8 Å². The van der Waals surface area contributed by atoms with E-state index < -0.39 is 0 Å². The zero-order chi connectivity index (χ0) is 11.1. The van der Waals surface area contributed by atoms with Gasteiger partial charge in [0.05, 0.1) is 0 Å². The molecule has 0 saturated carbocycles. The molecule has 0 aliphatic heterocycles. The maximum Gasteiger partial charge on any atom is 0 e. The van der Waals surface area contributed by atoms with E-state index >= 15 is 0 Å². The molecule has 0 bridgehead atoms. The second-order valence-electron chi connectivity index (χ2n) is 4.02. The number of aryl methyl sites for hydroxylation is 1. The third-order valence-electron chi connectivity index (χ3n) is 2.50. The van der Waals surface area contributed by atoms with Gasteiger partial charge in [-0.05, 0) is 0 Å². The van der Waals surface area contributed by atoms with E-state index in [1.165, 1.54) is 11.1 Å². The smallest absolute Gasteiger partial charge is 0 e. The predicted molar refractivity (Wildman–Crippen MR) is 67.5 cm³/mol. The van der Waals surface area contributed by atoms with Crippen molar-refractivity contribution in [1.29, 1.82) is 0 Å². The van der Waals surface area contributed by atoms with Gasteiger partial charge in [0.15, 0.2) is 0 Å². The van der Waals surface area contributed by atoms with Gasteiger partial charge in [0, 0.05) is 19.5 Å². The molecule has 0 nitrogen and oxygen atoms in total. The number of hydrogen-bond donors (Lipinski definition) is 0. The van der Waals surface area contributed by atoms with Gasteiger partial charge in [0.2, 0.25) is 0 Å². The van der Waals surface area contributed by atoms with Gasteiger partial charge < -0.3 is 29.8 Å². The molecular formula is C15H20Ru-6. The molecule has 16 heavy (non-hydrogen) atoms. The third-order valence-corrected chi connectivity index (χ3v) is 2.50. The van der Waals surface area contributed by atoms with Crippen molar-refractivity contribution in [2.24, 2.45) is 0 Å². The van der Waals surface area contributed by atoms with Crippen LogP contribution in [0.15, 0.2) is 48.5 Å². The monoisotopic (exact) mass is 302 g/mol. The molecule has 0 aliphatic carbocycles. The van der Waals surface area contributed by atoms with Crippen molar-refractivity contribution in [2.75, 3.05) is 0 Å². The van der Waals surface area contributed by atoms with Crippen LogP contribution in [0, 0.1) is 0 Å². The minimum atomic E-state index is 0. The first-order valence-corrected chi connectivity index (χ1v) is 5.66. The number of rotatable bonds is 2. The zero-order valence-corrected chi connectivity index (χ0v) is 12.0. The molecule has 0 saturated heterocycles. The molecule has 0 aromatic heterocycles. The minimum absolute atomic E-state index is 0. The van der Waals surface area contributed by atoms with E-state index in [1.54, 1.807) is 0 Å². The van der Waals surface area contributed by atoms with E-state index in [2.05, 4.69) is 69.3 Å². The molecule has 0 spiro atoms. The van der Waals surface area contributed by atoms with Crippen molar-refractivity contribution in [3.8, 4) is 0 Å². The van der Waals surface area contributed by atoms with Crippen LogP contribution in [0.5, 0.6) is 0 Å². The Morgan fingerprint density at radius 2 is 1.56 bits per heavy atom. The molecule has 0 fully saturated rings. The molecule has 0 atom stereocenters. The molecule has 0 N–H and O–H groups in total. The van der Waals surface area contributed by atoms with Gasteiger partial charge in [-0.15, -0.1) is 0 Å². The van der Waals surface area contributed by atoms with E-state index in [4.69, 9.17) is 0 Å². The first kappa shape index (κ1) is 15.3. The van der Waals surface area contributed by atoms with Crippen LogP contribution in [0.2, 0.25) is 0 Å². The standard InChI is InChI=1S/C8H11.C7H9.Ru/c1-7(2)8-5-3-4-6-8;1-2-7-5-3-4-6-7;/h3-7H,1-2H3;3-6H,2H2,1H3;/q-5;-1;.